The average Bonchev–Trinajstić information content (AvgIpc) is 3.02. The normalized spacial score (nSPS) is 11.6. The van der Waals surface area contributed by atoms with E-state index in [-0.39, 0.29) is 5.78 Å². The number of hydrogen-bond acceptors (Lipinski definition) is 1. The molecule has 0 fully saturated rings. The van der Waals surface area contributed by atoms with Gasteiger partial charge in [-0.3, -0.25) is 4.79 Å². The summed E-state index contributed by atoms with van der Waals surface area (Å²) >= 11 is 0. The van der Waals surface area contributed by atoms with E-state index in [1.54, 1.807) is 19.1 Å². The number of rotatable bonds is 2. The molecule has 0 amide bonds. The number of hydrogen-bond donors (Lipinski definition) is 0. The Kier molecular flexibility index (Phi) is 5.43. The average molecular weight is 337 g/mol. The fourth-order valence-electron chi connectivity index (χ4n) is 3.08. The Morgan fingerprint density at radius 1 is 1.04 bits per heavy atom. The van der Waals surface area contributed by atoms with Gasteiger partial charge in [0.05, 0.1) is 5.69 Å². The van der Waals surface area contributed by atoms with Gasteiger partial charge in [-0.2, -0.15) is 0 Å². The number of ketones is 1. The summed E-state index contributed by atoms with van der Waals surface area (Å²) in [6, 6.07) is 9.32. The molecular weight excluding hydrogens is 318 g/mol. The maximum Gasteiger partial charge on any atom is 0.159 e. The molecule has 0 N–H and O–H groups in total. The Bertz CT molecular complexity index is 1030. The molecule has 1 aliphatic carbocycles. The van der Waals surface area contributed by atoms with Crippen LogP contribution in [0.4, 0.5) is 0 Å². The molecule has 0 saturated heterocycles. The third kappa shape index (κ3) is 3.97. The summed E-state index contributed by atoms with van der Waals surface area (Å²) in [6.07, 6.45) is 6.49. The molecule has 1 aromatic carbocycles. The first-order valence-electron chi connectivity index (χ1n) is 8.67. The maximum atomic E-state index is 11.2. The van der Waals surface area contributed by atoms with Crippen molar-refractivity contribution in [3.8, 4) is 35.5 Å². The minimum absolute atomic E-state index is 0.0468. The van der Waals surface area contributed by atoms with Crippen LogP contribution in [0.1, 0.15) is 52.6 Å². The Balaban J connectivity index is 1.71. The smallest absolute Gasteiger partial charge is 0.159 e. The lowest BCUT2D eigenvalue weighted by molar-refractivity contribution is 0.101. The highest BCUT2D eigenvalue weighted by Gasteiger charge is 2.15. The summed E-state index contributed by atoms with van der Waals surface area (Å²) in [4.78, 5) is 11.2. The monoisotopic (exact) mass is 337 g/mol. The molecule has 126 valence electrons. The van der Waals surface area contributed by atoms with Gasteiger partial charge in [-0.25, -0.2) is 0 Å². The molecule has 0 aliphatic heterocycles. The first-order valence-corrected chi connectivity index (χ1v) is 8.67. The Morgan fingerprint density at radius 2 is 1.73 bits per heavy atom. The van der Waals surface area contributed by atoms with Crippen LogP contribution < -0.4 is 0 Å². The van der Waals surface area contributed by atoms with Gasteiger partial charge in [0.2, 0.25) is 0 Å². The van der Waals surface area contributed by atoms with Crippen molar-refractivity contribution < 1.29 is 4.79 Å². The van der Waals surface area contributed by atoms with Crippen molar-refractivity contribution in [2.75, 3.05) is 0 Å². The van der Waals surface area contributed by atoms with Gasteiger partial charge in [-0.1, -0.05) is 24.6 Å². The van der Waals surface area contributed by atoms with E-state index in [4.69, 9.17) is 0 Å². The zero-order chi connectivity index (χ0) is 18.4. The van der Waals surface area contributed by atoms with Crippen LogP contribution in [0.2, 0.25) is 0 Å². The van der Waals surface area contributed by atoms with Crippen LogP contribution in [0.25, 0.3) is 6.20 Å². The summed E-state index contributed by atoms with van der Waals surface area (Å²) in [5.41, 5.74) is 5.15. The lowest BCUT2D eigenvalue weighted by atomic mass is 9.98. The topological polar surface area (TPSA) is 22.0 Å². The van der Waals surface area contributed by atoms with Crippen LogP contribution in [0.3, 0.4) is 0 Å². The highest BCUT2D eigenvalue weighted by atomic mass is 16.1. The molecule has 26 heavy (non-hydrogen) atoms. The lowest BCUT2D eigenvalue weighted by Gasteiger charge is -2.12. The fraction of sp³-hybridized carbons (Fsp3) is 0.208. The van der Waals surface area contributed by atoms with Gasteiger partial charge in [0.25, 0.3) is 0 Å². The molecule has 2 nitrogen and oxygen atoms in total. The maximum absolute atomic E-state index is 11.2. The van der Waals surface area contributed by atoms with Gasteiger partial charge < -0.3 is 4.57 Å². The molecule has 3 rings (SSSR count). The van der Waals surface area contributed by atoms with E-state index < -0.39 is 0 Å². The van der Waals surface area contributed by atoms with E-state index in [9.17, 15) is 4.79 Å². The number of aryl methyl sites for hydroxylation is 1. The molecule has 2 heteroatoms. The summed E-state index contributed by atoms with van der Waals surface area (Å²) < 4.78 is 2.07. The van der Waals surface area contributed by atoms with Crippen molar-refractivity contribution in [2.45, 2.75) is 32.6 Å². The molecule has 0 saturated carbocycles. The highest BCUT2D eigenvalue weighted by molar-refractivity contribution is 5.94. The number of carbonyl (C=O) groups excluding carboxylic acids is 1. The van der Waals surface area contributed by atoms with Gasteiger partial charge in [-0.15, -0.1) is 0 Å². The molecule has 0 unspecified atom stereocenters. The second kappa shape index (κ2) is 8.11. The third-order valence-electron chi connectivity index (χ3n) is 4.40. The van der Waals surface area contributed by atoms with Gasteiger partial charge in [-0.05, 0) is 86.0 Å². The number of Topliss-reactive ketones (excluding diaryl/α,β-unsaturated/α-hetero) is 1. The largest absolute Gasteiger partial charge is 0.314 e. The van der Waals surface area contributed by atoms with Crippen LogP contribution in [-0.4, -0.2) is 10.4 Å². The number of nitrogens with zero attached hydrogens (tertiary/aromatic N) is 1. The second-order valence-electron chi connectivity index (χ2n) is 6.14. The second-order valence-corrected chi connectivity index (χ2v) is 6.14. The third-order valence-corrected chi connectivity index (χ3v) is 4.40. The van der Waals surface area contributed by atoms with Crippen LogP contribution in [0, 0.1) is 35.5 Å². The Hall–Kier alpha value is -3.41. The van der Waals surface area contributed by atoms with E-state index >= 15 is 0 Å². The molecular formula is C24H19NO. The van der Waals surface area contributed by atoms with Gasteiger partial charge in [0.15, 0.2) is 5.78 Å². The highest BCUT2D eigenvalue weighted by Crippen LogP contribution is 2.24. The predicted molar refractivity (Wildman–Crippen MR) is 105 cm³/mol. The zero-order valence-corrected chi connectivity index (χ0v) is 14.9. The van der Waals surface area contributed by atoms with Crippen LogP contribution in [-0.2, 0) is 12.8 Å². The SMILES string of the molecule is C=Cn1c(C#CC#CC#Cc2ccc(C(C)=O)cc2)cc2c1CCCC2. The van der Waals surface area contributed by atoms with Gasteiger partial charge in [0.1, 0.15) is 0 Å². The standard InChI is InChI=1S/C24H19NO/c1-3-25-23(18-22-11-8-9-13-24(22)25)12-7-5-4-6-10-20-14-16-21(17-15-20)19(2)26/h3,14-18H,1,8-9,11,13H2,2H3. The van der Waals surface area contributed by atoms with Crippen LogP contribution >= 0.6 is 0 Å². The van der Waals surface area contributed by atoms with Crippen molar-refractivity contribution in [1.82, 2.24) is 4.57 Å². The summed E-state index contributed by atoms with van der Waals surface area (Å²) in [6.45, 7) is 5.44. The number of fused-ring (bicyclic) bond motifs is 1. The molecule has 0 radical (unpaired) electrons. The van der Waals surface area contributed by atoms with Crippen molar-refractivity contribution in [1.29, 1.82) is 0 Å². The minimum Gasteiger partial charge on any atom is -0.314 e. The summed E-state index contributed by atoms with van der Waals surface area (Å²) in [5, 5.41) is 0. The Labute approximate surface area is 154 Å². The van der Waals surface area contributed by atoms with Crippen molar-refractivity contribution >= 4 is 12.0 Å². The molecule has 0 bridgehead atoms. The first-order chi connectivity index (χ1) is 12.7. The fourth-order valence-corrected chi connectivity index (χ4v) is 3.08. The molecule has 0 spiro atoms. The first kappa shape index (κ1) is 17.4. The number of carbonyl (C=O) groups is 1. The van der Waals surface area contributed by atoms with E-state index in [0.29, 0.717) is 5.56 Å². The van der Waals surface area contributed by atoms with E-state index in [1.165, 1.54) is 24.1 Å². The van der Waals surface area contributed by atoms with Crippen molar-refractivity contribution in [3.63, 3.8) is 0 Å². The van der Waals surface area contributed by atoms with E-state index in [1.807, 2.05) is 18.3 Å². The molecule has 1 aliphatic rings. The van der Waals surface area contributed by atoms with Crippen molar-refractivity contribution in [2.24, 2.45) is 0 Å². The zero-order valence-electron chi connectivity index (χ0n) is 14.9. The number of benzene rings is 1. The molecule has 1 heterocycles. The Morgan fingerprint density at radius 3 is 2.42 bits per heavy atom. The van der Waals surface area contributed by atoms with E-state index in [2.05, 4.69) is 52.7 Å². The van der Waals surface area contributed by atoms with Crippen LogP contribution in [0.5, 0.6) is 0 Å². The summed E-state index contributed by atoms with van der Waals surface area (Å²) in [5.74, 6) is 17.3. The van der Waals surface area contributed by atoms with Gasteiger partial charge >= 0.3 is 0 Å². The van der Waals surface area contributed by atoms with E-state index in [0.717, 1.165) is 24.1 Å². The van der Waals surface area contributed by atoms with Crippen molar-refractivity contribution in [3.05, 3.63) is 65.0 Å². The lowest BCUT2D eigenvalue weighted by Crippen LogP contribution is -2.04. The molecule has 2 aromatic rings. The summed E-state index contributed by atoms with van der Waals surface area (Å²) in [7, 11) is 0. The minimum atomic E-state index is 0.0468. The number of aromatic nitrogens is 1. The predicted octanol–water partition coefficient (Wildman–Crippen LogP) is 4.08. The molecule has 1 aromatic heterocycles. The molecule has 0 atom stereocenters. The van der Waals surface area contributed by atoms with Crippen LogP contribution in [0.15, 0.2) is 36.9 Å². The van der Waals surface area contributed by atoms with Gasteiger partial charge in [0, 0.05) is 23.0 Å². The quantitative estimate of drug-likeness (QED) is 0.598.